The molecule has 0 aliphatic heterocycles. The monoisotopic (exact) mass is 265 g/mol. The molecule has 0 fully saturated rings. The summed E-state index contributed by atoms with van der Waals surface area (Å²) in [6.45, 7) is 0.576. The number of hydrogen-bond donors (Lipinski definition) is 4. The topological polar surface area (TPSA) is 122 Å². The van der Waals surface area contributed by atoms with E-state index in [1.807, 2.05) is 0 Å². The highest BCUT2D eigenvalue weighted by molar-refractivity contribution is 6.06. The average molecular weight is 265 g/mol. The Labute approximate surface area is 109 Å². The maximum absolute atomic E-state index is 11.6. The van der Waals surface area contributed by atoms with E-state index in [0.29, 0.717) is 0 Å². The Balaban J connectivity index is 2.62. The van der Waals surface area contributed by atoms with Gasteiger partial charge in [0.05, 0.1) is 11.3 Å². The van der Waals surface area contributed by atoms with Crippen LogP contribution in [0.4, 0.5) is 5.69 Å². The van der Waals surface area contributed by atoms with Crippen LogP contribution in [0.2, 0.25) is 0 Å². The van der Waals surface area contributed by atoms with E-state index in [-0.39, 0.29) is 30.8 Å². The van der Waals surface area contributed by atoms with Crippen LogP contribution in [0.3, 0.4) is 0 Å². The van der Waals surface area contributed by atoms with Gasteiger partial charge in [-0.25, -0.2) is 4.79 Å². The highest BCUT2D eigenvalue weighted by Crippen LogP contribution is 2.14. The summed E-state index contributed by atoms with van der Waals surface area (Å²) >= 11 is 0. The third-order valence-electron chi connectivity index (χ3n) is 2.22. The Morgan fingerprint density at radius 1 is 1.16 bits per heavy atom. The van der Waals surface area contributed by atoms with Crippen LogP contribution in [0, 0.1) is 0 Å². The molecule has 0 saturated heterocycles. The third-order valence-corrected chi connectivity index (χ3v) is 2.22. The van der Waals surface area contributed by atoms with Gasteiger partial charge in [-0.2, -0.15) is 0 Å². The zero-order chi connectivity index (χ0) is 14.3. The number of carbonyl (C=O) groups excluding carboxylic acids is 2. The molecule has 19 heavy (non-hydrogen) atoms. The van der Waals surface area contributed by atoms with Gasteiger partial charge in [-0.05, 0) is 12.1 Å². The molecule has 1 aromatic carbocycles. The molecule has 7 heteroatoms. The van der Waals surface area contributed by atoms with Crippen molar-refractivity contribution in [2.24, 2.45) is 5.73 Å². The van der Waals surface area contributed by atoms with E-state index in [2.05, 4.69) is 10.6 Å². The molecule has 0 atom stereocenters. The van der Waals surface area contributed by atoms with Crippen molar-refractivity contribution in [1.82, 2.24) is 5.32 Å². The molecule has 0 saturated carbocycles. The van der Waals surface area contributed by atoms with Crippen molar-refractivity contribution < 1.29 is 19.5 Å². The Hall–Kier alpha value is -2.41. The van der Waals surface area contributed by atoms with Crippen LogP contribution in [0.5, 0.6) is 0 Å². The predicted molar refractivity (Wildman–Crippen MR) is 68.7 cm³/mol. The quantitative estimate of drug-likeness (QED) is 0.530. The normalized spacial score (nSPS) is 9.74. The standard InChI is InChI=1S/C12H15N3O4/c13-5-6-14-10(16)7-11(17)15-9-4-2-1-3-8(9)12(18)19/h1-4H,5-7,13H2,(H,14,16)(H,15,17)(H,18,19). The summed E-state index contributed by atoms with van der Waals surface area (Å²) in [5, 5.41) is 13.8. The number of nitrogens with one attached hydrogen (secondary N) is 2. The smallest absolute Gasteiger partial charge is 0.337 e. The number of carbonyl (C=O) groups is 3. The van der Waals surface area contributed by atoms with Crippen LogP contribution in [-0.4, -0.2) is 36.0 Å². The molecule has 0 radical (unpaired) electrons. The number of aromatic carboxylic acids is 1. The van der Waals surface area contributed by atoms with Gasteiger partial charge in [0.1, 0.15) is 6.42 Å². The zero-order valence-electron chi connectivity index (χ0n) is 10.2. The zero-order valence-corrected chi connectivity index (χ0v) is 10.2. The van der Waals surface area contributed by atoms with Gasteiger partial charge in [0.2, 0.25) is 11.8 Å². The van der Waals surface area contributed by atoms with E-state index in [0.717, 1.165) is 0 Å². The van der Waals surface area contributed by atoms with Crippen molar-refractivity contribution >= 4 is 23.5 Å². The van der Waals surface area contributed by atoms with E-state index >= 15 is 0 Å². The van der Waals surface area contributed by atoms with Crippen molar-refractivity contribution in [3.8, 4) is 0 Å². The number of nitrogens with two attached hydrogens (primary N) is 1. The Morgan fingerprint density at radius 3 is 2.47 bits per heavy atom. The van der Waals surface area contributed by atoms with Crippen LogP contribution in [-0.2, 0) is 9.59 Å². The predicted octanol–water partition coefficient (Wildman–Crippen LogP) is -0.212. The van der Waals surface area contributed by atoms with E-state index < -0.39 is 17.8 Å². The van der Waals surface area contributed by atoms with Crippen LogP contribution in [0.1, 0.15) is 16.8 Å². The van der Waals surface area contributed by atoms with Crippen molar-refractivity contribution in [1.29, 1.82) is 0 Å². The van der Waals surface area contributed by atoms with Crippen molar-refractivity contribution in [2.75, 3.05) is 18.4 Å². The molecule has 0 aliphatic carbocycles. The Kier molecular flexibility index (Phi) is 5.49. The second kappa shape index (κ2) is 7.12. The van der Waals surface area contributed by atoms with Gasteiger partial charge in [0.15, 0.2) is 0 Å². The van der Waals surface area contributed by atoms with Gasteiger partial charge < -0.3 is 21.5 Å². The molecule has 0 aliphatic rings. The molecule has 2 amide bonds. The first-order chi connectivity index (χ1) is 9.04. The van der Waals surface area contributed by atoms with Crippen LogP contribution < -0.4 is 16.4 Å². The second-order valence-electron chi connectivity index (χ2n) is 3.71. The number of amides is 2. The number of para-hydroxylation sites is 1. The van der Waals surface area contributed by atoms with E-state index in [9.17, 15) is 14.4 Å². The molecule has 0 unspecified atom stereocenters. The minimum atomic E-state index is -1.15. The maximum atomic E-state index is 11.6. The Bertz CT molecular complexity index is 488. The molecule has 1 aromatic rings. The lowest BCUT2D eigenvalue weighted by atomic mass is 10.2. The lowest BCUT2D eigenvalue weighted by Gasteiger charge is -2.08. The van der Waals surface area contributed by atoms with E-state index in [1.54, 1.807) is 12.1 Å². The molecule has 7 nitrogen and oxygen atoms in total. The molecule has 0 aromatic heterocycles. The molecule has 102 valence electrons. The average Bonchev–Trinajstić information content (AvgIpc) is 2.36. The SMILES string of the molecule is NCCNC(=O)CC(=O)Nc1ccccc1C(=O)O. The van der Waals surface area contributed by atoms with E-state index in [4.69, 9.17) is 10.8 Å². The minimum Gasteiger partial charge on any atom is -0.478 e. The summed E-state index contributed by atoms with van der Waals surface area (Å²) in [6, 6.07) is 5.97. The summed E-state index contributed by atoms with van der Waals surface area (Å²) < 4.78 is 0. The Morgan fingerprint density at radius 2 is 1.84 bits per heavy atom. The van der Waals surface area contributed by atoms with Crippen molar-refractivity contribution in [2.45, 2.75) is 6.42 Å². The summed E-state index contributed by atoms with van der Waals surface area (Å²) in [7, 11) is 0. The van der Waals surface area contributed by atoms with Gasteiger partial charge >= 0.3 is 5.97 Å². The number of carboxylic acid groups (broad SMARTS) is 1. The highest BCUT2D eigenvalue weighted by Gasteiger charge is 2.13. The van der Waals surface area contributed by atoms with Crippen molar-refractivity contribution in [3.63, 3.8) is 0 Å². The van der Waals surface area contributed by atoms with Gasteiger partial charge in [-0.15, -0.1) is 0 Å². The molecule has 5 N–H and O–H groups in total. The van der Waals surface area contributed by atoms with Gasteiger partial charge in [0, 0.05) is 13.1 Å². The largest absolute Gasteiger partial charge is 0.478 e. The highest BCUT2D eigenvalue weighted by atomic mass is 16.4. The number of rotatable bonds is 6. The number of hydrogen-bond acceptors (Lipinski definition) is 4. The fraction of sp³-hybridized carbons (Fsp3) is 0.250. The van der Waals surface area contributed by atoms with Crippen LogP contribution in [0.25, 0.3) is 0 Å². The summed E-state index contributed by atoms with van der Waals surface area (Å²) in [5.41, 5.74) is 5.33. The molecule has 0 spiro atoms. The lowest BCUT2D eigenvalue weighted by Crippen LogP contribution is -2.32. The third kappa shape index (κ3) is 4.76. The summed E-state index contributed by atoms with van der Waals surface area (Å²) in [4.78, 5) is 33.8. The second-order valence-corrected chi connectivity index (χ2v) is 3.71. The fourth-order valence-electron chi connectivity index (χ4n) is 1.39. The van der Waals surface area contributed by atoms with Crippen LogP contribution >= 0.6 is 0 Å². The number of benzene rings is 1. The first kappa shape index (κ1) is 14.7. The molecular formula is C12H15N3O4. The number of anilines is 1. The molecular weight excluding hydrogens is 250 g/mol. The summed E-state index contributed by atoms with van der Waals surface area (Å²) in [5.74, 6) is -2.19. The fourth-order valence-corrected chi connectivity index (χ4v) is 1.39. The lowest BCUT2D eigenvalue weighted by molar-refractivity contribution is -0.126. The number of carboxylic acids is 1. The first-order valence-electron chi connectivity index (χ1n) is 5.63. The molecule has 0 heterocycles. The van der Waals surface area contributed by atoms with E-state index in [1.165, 1.54) is 12.1 Å². The van der Waals surface area contributed by atoms with Gasteiger partial charge in [-0.3, -0.25) is 9.59 Å². The van der Waals surface area contributed by atoms with Gasteiger partial charge in [0.25, 0.3) is 0 Å². The van der Waals surface area contributed by atoms with Crippen molar-refractivity contribution in [3.05, 3.63) is 29.8 Å². The first-order valence-corrected chi connectivity index (χ1v) is 5.63. The molecule has 1 rings (SSSR count). The minimum absolute atomic E-state index is 0.0294. The van der Waals surface area contributed by atoms with Gasteiger partial charge in [-0.1, -0.05) is 12.1 Å². The summed E-state index contributed by atoms with van der Waals surface area (Å²) in [6.07, 6.45) is -0.381. The molecule has 0 bridgehead atoms. The van der Waals surface area contributed by atoms with Crippen LogP contribution in [0.15, 0.2) is 24.3 Å². The maximum Gasteiger partial charge on any atom is 0.337 e.